The van der Waals surface area contributed by atoms with Gasteiger partial charge in [-0.15, -0.1) is 0 Å². The lowest BCUT2D eigenvalue weighted by molar-refractivity contribution is -0.137. The van der Waals surface area contributed by atoms with Crippen LogP contribution in [0.5, 0.6) is 11.5 Å². The van der Waals surface area contributed by atoms with Gasteiger partial charge in [-0.25, -0.2) is 4.39 Å². The summed E-state index contributed by atoms with van der Waals surface area (Å²) < 4.78 is 71.4. The molecule has 9 heteroatoms. The maximum Gasteiger partial charge on any atom is 0.416 e. The summed E-state index contributed by atoms with van der Waals surface area (Å²) in [5.41, 5.74) is 1.56. The van der Waals surface area contributed by atoms with E-state index >= 15 is 0 Å². The molecule has 2 heterocycles. The second-order valence-electron chi connectivity index (χ2n) is 10.8. The van der Waals surface area contributed by atoms with Crippen LogP contribution < -0.4 is 9.47 Å². The summed E-state index contributed by atoms with van der Waals surface area (Å²) in [5.74, 6) is -0.478. The van der Waals surface area contributed by atoms with Gasteiger partial charge in [0.2, 0.25) is 6.79 Å². The standard InChI is InChI=1S/C34H29F4NO4/c35-27-16-22(15-26(18-27)34(36,37)38)20-41-29-13-14-39(33(40)25-11-12-30-31(17-25)43-21-42-30)19-28(29)32(23-7-3-1-4-8-23)24-9-5-2-6-10-24/h1-12,15-18,28-29,32H,13-14,19-21H2/t28-,29+/m0/s1. The lowest BCUT2D eigenvalue weighted by atomic mass is 9.75. The van der Waals surface area contributed by atoms with E-state index in [1.807, 2.05) is 60.7 Å². The first-order chi connectivity index (χ1) is 20.8. The molecular formula is C34H29F4NO4. The number of likely N-dealkylation sites (tertiary alicyclic amines) is 1. The molecule has 4 aromatic carbocycles. The lowest BCUT2D eigenvalue weighted by Crippen LogP contribution is -2.49. The van der Waals surface area contributed by atoms with Crippen LogP contribution in [0.4, 0.5) is 17.6 Å². The van der Waals surface area contributed by atoms with Crippen molar-refractivity contribution in [2.75, 3.05) is 19.9 Å². The molecule has 1 saturated heterocycles. The third-order valence-corrected chi connectivity index (χ3v) is 7.99. The number of piperidine rings is 1. The smallest absolute Gasteiger partial charge is 0.416 e. The summed E-state index contributed by atoms with van der Waals surface area (Å²) in [5, 5.41) is 0. The van der Waals surface area contributed by atoms with Gasteiger partial charge >= 0.3 is 6.18 Å². The Labute approximate surface area is 246 Å². The van der Waals surface area contributed by atoms with Crippen molar-refractivity contribution >= 4 is 5.91 Å². The topological polar surface area (TPSA) is 48.0 Å². The van der Waals surface area contributed by atoms with E-state index in [1.165, 1.54) is 0 Å². The molecule has 0 spiro atoms. The number of ether oxygens (including phenoxy) is 3. The second kappa shape index (κ2) is 12.1. The maximum atomic E-state index is 14.1. The van der Waals surface area contributed by atoms with Gasteiger partial charge in [-0.05, 0) is 59.5 Å². The predicted octanol–water partition coefficient (Wildman–Crippen LogP) is 7.45. The zero-order valence-corrected chi connectivity index (χ0v) is 23.1. The second-order valence-corrected chi connectivity index (χ2v) is 10.8. The molecule has 0 saturated carbocycles. The highest BCUT2D eigenvalue weighted by Crippen LogP contribution is 2.40. The molecule has 4 aromatic rings. The van der Waals surface area contributed by atoms with Crippen molar-refractivity contribution < 1.29 is 36.6 Å². The number of alkyl halides is 3. The van der Waals surface area contributed by atoms with Gasteiger partial charge in [0.1, 0.15) is 5.82 Å². The fourth-order valence-corrected chi connectivity index (χ4v) is 5.99. The largest absolute Gasteiger partial charge is 0.454 e. The number of halogens is 4. The molecule has 0 aromatic heterocycles. The lowest BCUT2D eigenvalue weighted by Gasteiger charge is -2.42. The van der Waals surface area contributed by atoms with Gasteiger partial charge in [-0.2, -0.15) is 13.2 Å². The highest BCUT2D eigenvalue weighted by atomic mass is 19.4. The van der Waals surface area contributed by atoms with E-state index in [0.29, 0.717) is 42.6 Å². The first-order valence-electron chi connectivity index (χ1n) is 14.0. The Bertz CT molecular complexity index is 1540. The summed E-state index contributed by atoms with van der Waals surface area (Å²) in [4.78, 5) is 15.5. The minimum Gasteiger partial charge on any atom is -0.454 e. The number of carbonyl (C=O) groups excluding carboxylic acids is 1. The highest BCUT2D eigenvalue weighted by molar-refractivity contribution is 5.95. The minimum absolute atomic E-state index is 0.0981. The summed E-state index contributed by atoms with van der Waals surface area (Å²) in [6.07, 6.45) is -4.66. The van der Waals surface area contributed by atoms with Gasteiger partial charge in [0.15, 0.2) is 11.5 Å². The fraction of sp³-hybridized carbons (Fsp3) is 0.265. The molecule has 43 heavy (non-hydrogen) atoms. The first-order valence-corrected chi connectivity index (χ1v) is 14.0. The third kappa shape index (κ3) is 6.37. The minimum atomic E-state index is -4.68. The van der Waals surface area contributed by atoms with E-state index in [1.54, 1.807) is 23.1 Å². The van der Waals surface area contributed by atoms with Crippen LogP contribution in [-0.2, 0) is 17.5 Å². The normalized spacial score (nSPS) is 18.2. The van der Waals surface area contributed by atoms with Crippen LogP contribution in [0.1, 0.15) is 45.0 Å². The number of benzene rings is 4. The van der Waals surface area contributed by atoms with Crippen molar-refractivity contribution in [3.05, 3.63) is 131 Å². The summed E-state index contributed by atoms with van der Waals surface area (Å²) >= 11 is 0. The van der Waals surface area contributed by atoms with E-state index in [4.69, 9.17) is 14.2 Å². The molecule has 2 atom stereocenters. The number of hydrogen-bond donors (Lipinski definition) is 0. The predicted molar refractivity (Wildman–Crippen MR) is 151 cm³/mol. The molecule has 0 aliphatic carbocycles. The number of hydrogen-bond acceptors (Lipinski definition) is 4. The van der Waals surface area contributed by atoms with Crippen LogP contribution in [-0.4, -0.2) is 36.8 Å². The number of carbonyl (C=O) groups is 1. The molecular weight excluding hydrogens is 562 g/mol. The van der Waals surface area contributed by atoms with Crippen molar-refractivity contribution in [1.29, 1.82) is 0 Å². The Balaban J connectivity index is 1.32. The van der Waals surface area contributed by atoms with E-state index in [-0.39, 0.29) is 36.7 Å². The van der Waals surface area contributed by atoms with Crippen LogP contribution in [0.3, 0.4) is 0 Å². The summed E-state index contributed by atoms with van der Waals surface area (Å²) in [7, 11) is 0. The molecule has 5 nitrogen and oxygen atoms in total. The number of nitrogens with zero attached hydrogens (tertiary/aromatic N) is 1. The summed E-state index contributed by atoms with van der Waals surface area (Å²) in [6.45, 7) is 0.614. The molecule has 222 valence electrons. The molecule has 0 radical (unpaired) electrons. The molecule has 1 amide bonds. The van der Waals surface area contributed by atoms with Gasteiger partial charge in [0.25, 0.3) is 5.91 Å². The zero-order chi connectivity index (χ0) is 30.0. The average molecular weight is 592 g/mol. The van der Waals surface area contributed by atoms with Gasteiger partial charge < -0.3 is 19.1 Å². The zero-order valence-electron chi connectivity index (χ0n) is 23.1. The molecule has 0 N–H and O–H groups in total. The Morgan fingerprint density at radius 2 is 1.56 bits per heavy atom. The molecule has 1 fully saturated rings. The maximum absolute atomic E-state index is 14.1. The van der Waals surface area contributed by atoms with Crippen molar-refractivity contribution in [2.45, 2.75) is 31.2 Å². The molecule has 2 aliphatic rings. The van der Waals surface area contributed by atoms with Crippen LogP contribution in [0, 0.1) is 11.7 Å². The SMILES string of the molecule is O=C(c1ccc2c(c1)OCO2)N1CC[C@@H](OCc2cc(F)cc(C(F)(F)F)c2)[C@@H](C(c2ccccc2)c2ccccc2)C1. The van der Waals surface area contributed by atoms with Crippen molar-refractivity contribution in [1.82, 2.24) is 4.90 Å². The summed E-state index contributed by atoms with van der Waals surface area (Å²) in [6, 6.07) is 27.3. The van der Waals surface area contributed by atoms with Crippen LogP contribution in [0.2, 0.25) is 0 Å². The quantitative estimate of drug-likeness (QED) is 0.210. The monoisotopic (exact) mass is 591 g/mol. The van der Waals surface area contributed by atoms with E-state index in [9.17, 15) is 22.4 Å². The highest BCUT2D eigenvalue weighted by Gasteiger charge is 2.39. The Morgan fingerprint density at radius 3 is 2.23 bits per heavy atom. The molecule has 0 bridgehead atoms. The molecule has 2 aliphatic heterocycles. The Hall–Kier alpha value is -4.37. The van der Waals surface area contributed by atoms with Gasteiger partial charge in [-0.3, -0.25) is 4.79 Å². The van der Waals surface area contributed by atoms with Gasteiger partial charge in [0.05, 0.1) is 18.3 Å². The molecule has 6 rings (SSSR count). The Kier molecular flexibility index (Phi) is 8.08. The van der Waals surface area contributed by atoms with E-state index in [2.05, 4.69) is 0 Å². The van der Waals surface area contributed by atoms with Crippen LogP contribution >= 0.6 is 0 Å². The Morgan fingerprint density at radius 1 is 0.884 bits per heavy atom. The third-order valence-electron chi connectivity index (χ3n) is 7.99. The number of fused-ring (bicyclic) bond motifs is 1. The molecule has 0 unspecified atom stereocenters. The van der Waals surface area contributed by atoms with E-state index in [0.717, 1.165) is 23.3 Å². The van der Waals surface area contributed by atoms with Gasteiger partial charge in [0, 0.05) is 30.5 Å². The number of rotatable bonds is 7. The average Bonchev–Trinajstić information content (AvgIpc) is 3.49. The van der Waals surface area contributed by atoms with Crippen LogP contribution in [0.15, 0.2) is 97.1 Å². The number of amides is 1. The van der Waals surface area contributed by atoms with Crippen molar-refractivity contribution in [3.63, 3.8) is 0 Å². The van der Waals surface area contributed by atoms with Crippen LogP contribution in [0.25, 0.3) is 0 Å². The fourth-order valence-electron chi connectivity index (χ4n) is 5.99. The van der Waals surface area contributed by atoms with E-state index < -0.39 is 23.7 Å². The van der Waals surface area contributed by atoms with Crippen molar-refractivity contribution in [3.8, 4) is 11.5 Å². The van der Waals surface area contributed by atoms with Gasteiger partial charge in [-0.1, -0.05) is 60.7 Å². The van der Waals surface area contributed by atoms with Crippen molar-refractivity contribution in [2.24, 2.45) is 5.92 Å². The first kappa shape index (κ1) is 28.7.